The number of likely N-dealkylation sites (tertiary alicyclic amines) is 1. The Morgan fingerprint density at radius 1 is 1.29 bits per heavy atom. The highest BCUT2D eigenvalue weighted by molar-refractivity contribution is 5.80. The topological polar surface area (TPSA) is 27.6 Å². The second kappa shape index (κ2) is 5.28. The lowest BCUT2D eigenvalue weighted by molar-refractivity contribution is 0.309. The fraction of sp³-hybridized carbons (Fsp3) is 0.929. The van der Waals surface area contributed by atoms with Crippen LogP contribution in [0.5, 0.6) is 0 Å². The van der Waals surface area contributed by atoms with Crippen LogP contribution in [0.1, 0.15) is 46.0 Å². The Balaban J connectivity index is 1.89. The van der Waals surface area contributed by atoms with Crippen molar-refractivity contribution in [3.05, 3.63) is 0 Å². The number of hydrogen-bond acceptors (Lipinski definition) is 1. The first-order chi connectivity index (χ1) is 8.15. The first kappa shape index (κ1) is 12.7. The Kier molecular flexibility index (Phi) is 3.95. The van der Waals surface area contributed by atoms with E-state index in [1.807, 2.05) is 7.05 Å². The van der Waals surface area contributed by atoms with Crippen molar-refractivity contribution in [2.45, 2.75) is 46.0 Å². The van der Waals surface area contributed by atoms with E-state index in [1.165, 1.54) is 45.2 Å². The van der Waals surface area contributed by atoms with Gasteiger partial charge in [0, 0.05) is 26.7 Å². The Morgan fingerprint density at radius 2 is 2.00 bits per heavy atom. The molecule has 1 heterocycles. The number of guanidine groups is 1. The molecule has 1 aliphatic heterocycles. The van der Waals surface area contributed by atoms with Crippen LogP contribution in [-0.4, -0.2) is 37.5 Å². The van der Waals surface area contributed by atoms with Crippen molar-refractivity contribution in [3.63, 3.8) is 0 Å². The van der Waals surface area contributed by atoms with Gasteiger partial charge < -0.3 is 10.2 Å². The van der Waals surface area contributed by atoms with Crippen molar-refractivity contribution in [2.24, 2.45) is 16.3 Å². The van der Waals surface area contributed by atoms with Gasteiger partial charge in [-0.05, 0) is 30.6 Å². The first-order valence-corrected chi connectivity index (χ1v) is 7.11. The van der Waals surface area contributed by atoms with E-state index in [0.717, 1.165) is 12.5 Å². The standard InChI is InChI=1S/C14H27N3/c1-12(2)10-16-13(15-3)17-9-8-14(11-17)6-4-5-7-14/h12H,4-11H2,1-3H3,(H,15,16). The normalized spacial score (nSPS) is 24.0. The van der Waals surface area contributed by atoms with Gasteiger partial charge in [0.1, 0.15) is 0 Å². The highest BCUT2D eigenvalue weighted by atomic mass is 15.3. The third kappa shape index (κ3) is 2.93. The lowest BCUT2D eigenvalue weighted by Gasteiger charge is -2.26. The molecule has 1 spiro atoms. The summed E-state index contributed by atoms with van der Waals surface area (Å²) in [6.07, 6.45) is 7.11. The molecule has 1 saturated heterocycles. The predicted octanol–water partition coefficient (Wildman–Crippen LogP) is 2.48. The molecule has 0 unspecified atom stereocenters. The van der Waals surface area contributed by atoms with Gasteiger partial charge in [-0.1, -0.05) is 26.7 Å². The first-order valence-electron chi connectivity index (χ1n) is 7.11. The van der Waals surface area contributed by atoms with E-state index in [1.54, 1.807) is 0 Å². The fourth-order valence-corrected chi connectivity index (χ4v) is 3.28. The third-order valence-corrected chi connectivity index (χ3v) is 4.28. The molecule has 0 radical (unpaired) electrons. The summed E-state index contributed by atoms with van der Waals surface area (Å²) in [6.45, 7) is 7.92. The fourth-order valence-electron chi connectivity index (χ4n) is 3.28. The van der Waals surface area contributed by atoms with E-state index in [0.29, 0.717) is 11.3 Å². The van der Waals surface area contributed by atoms with Crippen molar-refractivity contribution >= 4 is 5.96 Å². The van der Waals surface area contributed by atoms with Crippen LogP contribution in [0.3, 0.4) is 0 Å². The zero-order chi connectivity index (χ0) is 12.3. The van der Waals surface area contributed by atoms with E-state index >= 15 is 0 Å². The van der Waals surface area contributed by atoms with E-state index in [2.05, 4.69) is 29.1 Å². The average molecular weight is 237 g/mol. The summed E-state index contributed by atoms with van der Waals surface area (Å²) < 4.78 is 0. The minimum absolute atomic E-state index is 0.634. The van der Waals surface area contributed by atoms with E-state index in [9.17, 15) is 0 Å². The van der Waals surface area contributed by atoms with Crippen LogP contribution in [0.4, 0.5) is 0 Å². The summed E-state index contributed by atoms with van der Waals surface area (Å²) in [6, 6.07) is 0. The molecule has 2 aliphatic rings. The smallest absolute Gasteiger partial charge is 0.193 e. The van der Waals surface area contributed by atoms with E-state index in [-0.39, 0.29) is 0 Å². The molecule has 1 N–H and O–H groups in total. The molecule has 3 heteroatoms. The van der Waals surface area contributed by atoms with Gasteiger partial charge in [0.05, 0.1) is 0 Å². The molecule has 17 heavy (non-hydrogen) atoms. The lowest BCUT2D eigenvalue weighted by atomic mass is 9.86. The highest BCUT2D eigenvalue weighted by Crippen LogP contribution is 2.45. The number of aliphatic imine (C=N–C) groups is 1. The average Bonchev–Trinajstić information content (AvgIpc) is 2.91. The Hall–Kier alpha value is -0.730. The molecule has 2 rings (SSSR count). The third-order valence-electron chi connectivity index (χ3n) is 4.28. The molecule has 0 aromatic rings. The summed E-state index contributed by atoms with van der Waals surface area (Å²) in [5, 5.41) is 3.49. The zero-order valence-electron chi connectivity index (χ0n) is 11.6. The summed E-state index contributed by atoms with van der Waals surface area (Å²) in [4.78, 5) is 6.89. The molecule has 3 nitrogen and oxygen atoms in total. The van der Waals surface area contributed by atoms with Crippen LogP contribution in [0.15, 0.2) is 4.99 Å². The van der Waals surface area contributed by atoms with Gasteiger partial charge in [0.2, 0.25) is 0 Å². The molecule has 0 amide bonds. The summed E-state index contributed by atoms with van der Waals surface area (Å²) in [5.74, 6) is 1.79. The molecule has 0 bridgehead atoms. The lowest BCUT2D eigenvalue weighted by Crippen LogP contribution is -2.42. The summed E-state index contributed by atoms with van der Waals surface area (Å²) in [7, 11) is 1.91. The van der Waals surface area contributed by atoms with E-state index < -0.39 is 0 Å². The highest BCUT2D eigenvalue weighted by Gasteiger charge is 2.40. The van der Waals surface area contributed by atoms with Crippen molar-refractivity contribution in [1.82, 2.24) is 10.2 Å². The minimum atomic E-state index is 0.634. The maximum atomic E-state index is 4.43. The molecular formula is C14H27N3. The second-order valence-electron chi connectivity index (χ2n) is 6.20. The van der Waals surface area contributed by atoms with Crippen molar-refractivity contribution in [1.29, 1.82) is 0 Å². The van der Waals surface area contributed by atoms with Crippen LogP contribution < -0.4 is 5.32 Å². The van der Waals surface area contributed by atoms with Crippen molar-refractivity contribution < 1.29 is 0 Å². The van der Waals surface area contributed by atoms with Crippen LogP contribution in [0, 0.1) is 11.3 Å². The number of nitrogens with zero attached hydrogens (tertiary/aromatic N) is 2. The molecule has 0 atom stereocenters. The predicted molar refractivity (Wildman–Crippen MR) is 73.3 cm³/mol. The van der Waals surface area contributed by atoms with Gasteiger partial charge in [0.25, 0.3) is 0 Å². The maximum absolute atomic E-state index is 4.43. The van der Waals surface area contributed by atoms with Gasteiger partial charge in [-0.25, -0.2) is 0 Å². The van der Waals surface area contributed by atoms with Crippen LogP contribution in [0.25, 0.3) is 0 Å². The largest absolute Gasteiger partial charge is 0.356 e. The Morgan fingerprint density at radius 3 is 2.59 bits per heavy atom. The SMILES string of the molecule is CN=C(NCC(C)C)N1CCC2(CCCC2)C1. The van der Waals surface area contributed by atoms with Crippen molar-refractivity contribution in [2.75, 3.05) is 26.7 Å². The summed E-state index contributed by atoms with van der Waals surface area (Å²) in [5.41, 5.74) is 0.634. The van der Waals surface area contributed by atoms with Crippen LogP contribution in [-0.2, 0) is 0 Å². The van der Waals surface area contributed by atoms with E-state index in [4.69, 9.17) is 0 Å². The maximum Gasteiger partial charge on any atom is 0.193 e. The summed E-state index contributed by atoms with van der Waals surface area (Å²) >= 11 is 0. The van der Waals surface area contributed by atoms with Crippen LogP contribution >= 0.6 is 0 Å². The monoisotopic (exact) mass is 237 g/mol. The minimum Gasteiger partial charge on any atom is -0.356 e. The zero-order valence-corrected chi connectivity index (χ0v) is 11.6. The molecule has 2 fully saturated rings. The Bertz CT molecular complexity index is 277. The number of nitrogens with one attached hydrogen (secondary N) is 1. The van der Waals surface area contributed by atoms with Gasteiger partial charge in [-0.2, -0.15) is 0 Å². The van der Waals surface area contributed by atoms with Gasteiger partial charge in [-0.15, -0.1) is 0 Å². The second-order valence-corrected chi connectivity index (χ2v) is 6.20. The molecule has 0 aromatic heterocycles. The molecule has 98 valence electrons. The van der Waals surface area contributed by atoms with Crippen molar-refractivity contribution in [3.8, 4) is 0 Å². The quantitative estimate of drug-likeness (QED) is 0.590. The van der Waals surface area contributed by atoms with Crippen LogP contribution in [0.2, 0.25) is 0 Å². The molecule has 1 saturated carbocycles. The Labute approximate surface area is 106 Å². The number of rotatable bonds is 2. The molecular weight excluding hydrogens is 210 g/mol. The van der Waals surface area contributed by atoms with Gasteiger partial charge in [0.15, 0.2) is 5.96 Å². The number of hydrogen-bond donors (Lipinski definition) is 1. The molecule has 1 aliphatic carbocycles. The van der Waals surface area contributed by atoms with Gasteiger partial charge >= 0.3 is 0 Å². The molecule has 0 aromatic carbocycles. The van der Waals surface area contributed by atoms with Gasteiger partial charge in [-0.3, -0.25) is 4.99 Å².